The van der Waals surface area contributed by atoms with E-state index in [1.54, 1.807) is 0 Å². The van der Waals surface area contributed by atoms with Crippen molar-refractivity contribution in [2.24, 2.45) is 5.10 Å². The third-order valence-corrected chi connectivity index (χ3v) is 3.67. The molecule has 0 aliphatic carbocycles. The minimum absolute atomic E-state index is 0.00152. The van der Waals surface area contributed by atoms with Crippen LogP contribution in [0.1, 0.15) is 37.0 Å². The van der Waals surface area contributed by atoms with Gasteiger partial charge in [-0.15, -0.1) is 0 Å². The van der Waals surface area contributed by atoms with Crippen LogP contribution in [-0.2, 0) is 4.79 Å². The monoisotopic (exact) mass is 294 g/mol. The summed E-state index contributed by atoms with van der Waals surface area (Å²) in [6.07, 6.45) is 1.16. The van der Waals surface area contributed by atoms with E-state index in [0.29, 0.717) is 12.8 Å². The maximum atomic E-state index is 11.1. The van der Waals surface area contributed by atoms with Gasteiger partial charge in [-0.1, -0.05) is 30.3 Å². The predicted molar refractivity (Wildman–Crippen MR) is 85.8 cm³/mol. The molecule has 0 radical (unpaired) electrons. The van der Waals surface area contributed by atoms with Crippen LogP contribution >= 0.6 is 0 Å². The van der Waals surface area contributed by atoms with Crippen molar-refractivity contribution in [3.63, 3.8) is 0 Å². The van der Waals surface area contributed by atoms with Crippen LogP contribution in [0.2, 0.25) is 0 Å². The second-order valence-electron chi connectivity index (χ2n) is 5.29. The lowest BCUT2D eigenvalue weighted by atomic mass is 10.0. The highest BCUT2D eigenvalue weighted by Crippen LogP contribution is 2.22. The summed E-state index contributed by atoms with van der Waals surface area (Å²) in [5.41, 5.74) is 5.58. The van der Waals surface area contributed by atoms with Crippen LogP contribution in [0.3, 0.4) is 0 Å². The second kappa shape index (κ2) is 6.43. The fourth-order valence-corrected chi connectivity index (χ4v) is 2.40. The standard InChI is InChI=1S/C18H18N2O2/c1-13(14-5-3-2-4-6-14)22-16-9-7-15(8-10-16)17-11-12-18(21)20-19-17/h2-10,13H,11-12H2,1H3,(H,20,21). The van der Waals surface area contributed by atoms with Crippen LogP contribution < -0.4 is 10.2 Å². The van der Waals surface area contributed by atoms with E-state index in [1.165, 1.54) is 0 Å². The normalized spacial score (nSPS) is 15.7. The molecule has 1 N–H and O–H groups in total. The van der Waals surface area contributed by atoms with Gasteiger partial charge in [0.05, 0.1) is 5.71 Å². The zero-order valence-electron chi connectivity index (χ0n) is 12.5. The molecule has 1 amide bonds. The molecule has 22 heavy (non-hydrogen) atoms. The number of ether oxygens (including phenoxy) is 1. The Labute approximate surface area is 129 Å². The van der Waals surface area contributed by atoms with Gasteiger partial charge in [0, 0.05) is 12.8 Å². The Bertz CT molecular complexity index is 678. The van der Waals surface area contributed by atoms with Gasteiger partial charge in [0.1, 0.15) is 11.9 Å². The lowest BCUT2D eigenvalue weighted by molar-refractivity contribution is -0.121. The van der Waals surface area contributed by atoms with Gasteiger partial charge in [-0.25, -0.2) is 5.43 Å². The smallest absolute Gasteiger partial charge is 0.240 e. The minimum atomic E-state index is -0.0274. The van der Waals surface area contributed by atoms with Crippen molar-refractivity contribution in [3.8, 4) is 5.75 Å². The molecular formula is C18H18N2O2. The number of nitrogens with one attached hydrogen (secondary N) is 1. The zero-order valence-corrected chi connectivity index (χ0v) is 12.5. The van der Waals surface area contributed by atoms with Crippen molar-refractivity contribution in [2.75, 3.05) is 0 Å². The molecule has 0 aromatic heterocycles. The molecule has 4 heteroatoms. The molecular weight excluding hydrogens is 276 g/mol. The van der Waals surface area contributed by atoms with Crippen LogP contribution in [0.15, 0.2) is 59.7 Å². The Balaban J connectivity index is 1.68. The van der Waals surface area contributed by atoms with E-state index in [2.05, 4.69) is 22.7 Å². The van der Waals surface area contributed by atoms with E-state index in [-0.39, 0.29) is 12.0 Å². The zero-order chi connectivity index (χ0) is 15.4. The quantitative estimate of drug-likeness (QED) is 0.939. The molecule has 1 aliphatic heterocycles. The van der Waals surface area contributed by atoms with Crippen molar-refractivity contribution in [1.29, 1.82) is 0 Å². The number of hydrogen-bond donors (Lipinski definition) is 1. The van der Waals surface area contributed by atoms with Crippen molar-refractivity contribution in [2.45, 2.75) is 25.9 Å². The SMILES string of the molecule is CC(Oc1ccc(C2=NNC(=O)CC2)cc1)c1ccccc1. The summed E-state index contributed by atoms with van der Waals surface area (Å²) < 4.78 is 5.95. The number of rotatable bonds is 4. The first-order valence-corrected chi connectivity index (χ1v) is 7.40. The van der Waals surface area contributed by atoms with Crippen LogP contribution in [0.4, 0.5) is 0 Å². The number of carbonyl (C=O) groups excluding carboxylic acids is 1. The van der Waals surface area contributed by atoms with E-state index in [9.17, 15) is 4.79 Å². The highest BCUT2D eigenvalue weighted by molar-refractivity contribution is 6.04. The van der Waals surface area contributed by atoms with Crippen molar-refractivity contribution in [1.82, 2.24) is 5.43 Å². The number of hydrazone groups is 1. The largest absolute Gasteiger partial charge is 0.486 e. The van der Waals surface area contributed by atoms with Crippen LogP contribution in [0.25, 0.3) is 0 Å². The topological polar surface area (TPSA) is 50.7 Å². The summed E-state index contributed by atoms with van der Waals surface area (Å²) in [6.45, 7) is 2.03. The third kappa shape index (κ3) is 3.34. The third-order valence-electron chi connectivity index (χ3n) is 3.67. The highest BCUT2D eigenvalue weighted by Gasteiger charge is 2.13. The first kappa shape index (κ1) is 14.3. The summed E-state index contributed by atoms with van der Waals surface area (Å²) in [5, 5.41) is 4.10. The maximum absolute atomic E-state index is 11.1. The fourth-order valence-electron chi connectivity index (χ4n) is 2.40. The van der Waals surface area contributed by atoms with E-state index in [1.807, 2.05) is 49.4 Å². The lowest BCUT2D eigenvalue weighted by Gasteiger charge is -2.16. The van der Waals surface area contributed by atoms with Crippen LogP contribution in [0.5, 0.6) is 5.75 Å². The molecule has 4 nitrogen and oxygen atoms in total. The van der Waals surface area contributed by atoms with Crippen molar-refractivity contribution >= 4 is 11.6 Å². The number of amides is 1. The predicted octanol–water partition coefficient (Wildman–Crippen LogP) is 3.44. The Morgan fingerprint density at radius 1 is 1.05 bits per heavy atom. The molecule has 0 saturated heterocycles. The number of hydrogen-bond acceptors (Lipinski definition) is 3. The van der Waals surface area contributed by atoms with Crippen LogP contribution in [0, 0.1) is 0 Å². The molecule has 1 heterocycles. The summed E-state index contributed by atoms with van der Waals surface area (Å²) in [7, 11) is 0. The molecule has 1 unspecified atom stereocenters. The van der Waals surface area contributed by atoms with Crippen LogP contribution in [-0.4, -0.2) is 11.6 Å². The molecule has 0 spiro atoms. The molecule has 1 aliphatic rings. The van der Waals surface area contributed by atoms with Gasteiger partial charge in [-0.05, 0) is 42.3 Å². The summed E-state index contributed by atoms with van der Waals surface area (Å²) in [6, 6.07) is 17.9. The minimum Gasteiger partial charge on any atom is -0.486 e. The van der Waals surface area contributed by atoms with Crippen molar-refractivity contribution < 1.29 is 9.53 Å². The molecule has 0 saturated carbocycles. The molecule has 2 aromatic rings. The summed E-state index contributed by atoms with van der Waals surface area (Å²) in [5.74, 6) is 0.793. The number of carbonyl (C=O) groups is 1. The van der Waals surface area contributed by atoms with E-state index in [4.69, 9.17) is 4.74 Å². The number of nitrogens with zero attached hydrogens (tertiary/aromatic N) is 1. The Hall–Kier alpha value is -2.62. The Morgan fingerprint density at radius 2 is 1.77 bits per heavy atom. The van der Waals surface area contributed by atoms with Gasteiger partial charge in [0.15, 0.2) is 0 Å². The maximum Gasteiger partial charge on any atom is 0.240 e. The van der Waals surface area contributed by atoms with E-state index in [0.717, 1.165) is 22.6 Å². The second-order valence-corrected chi connectivity index (χ2v) is 5.29. The van der Waals surface area contributed by atoms with Gasteiger partial charge in [-0.3, -0.25) is 4.79 Å². The van der Waals surface area contributed by atoms with Gasteiger partial charge in [0.25, 0.3) is 0 Å². The fraction of sp³-hybridized carbons (Fsp3) is 0.222. The molecule has 1 atom stereocenters. The van der Waals surface area contributed by atoms with E-state index >= 15 is 0 Å². The molecule has 0 bridgehead atoms. The number of benzene rings is 2. The first-order chi connectivity index (χ1) is 10.7. The van der Waals surface area contributed by atoms with E-state index < -0.39 is 0 Å². The molecule has 112 valence electrons. The Kier molecular flexibility index (Phi) is 4.19. The molecule has 0 fully saturated rings. The van der Waals surface area contributed by atoms with Crippen molar-refractivity contribution in [3.05, 3.63) is 65.7 Å². The first-order valence-electron chi connectivity index (χ1n) is 7.40. The van der Waals surface area contributed by atoms with Gasteiger partial charge < -0.3 is 4.74 Å². The van der Waals surface area contributed by atoms with Gasteiger partial charge >= 0.3 is 0 Å². The Morgan fingerprint density at radius 3 is 2.41 bits per heavy atom. The highest BCUT2D eigenvalue weighted by atomic mass is 16.5. The molecule has 2 aromatic carbocycles. The summed E-state index contributed by atoms with van der Waals surface area (Å²) >= 11 is 0. The average Bonchev–Trinajstić information content (AvgIpc) is 2.57. The van der Waals surface area contributed by atoms with Gasteiger partial charge in [0.2, 0.25) is 5.91 Å². The average molecular weight is 294 g/mol. The molecule has 3 rings (SSSR count). The van der Waals surface area contributed by atoms with Gasteiger partial charge in [-0.2, -0.15) is 5.10 Å². The summed E-state index contributed by atoms with van der Waals surface area (Å²) in [4.78, 5) is 11.1. The lowest BCUT2D eigenvalue weighted by Crippen LogP contribution is -2.25.